The Hall–Kier alpha value is -4.21. The fraction of sp³-hybridized carbons (Fsp3) is 0.0870. The number of hydrogen-bond acceptors (Lipinski definition) is 4. The van der Waals surface area contributed by atoms with Crippen LogP contribution in [0.15, 0.2) is 72.8 Å². The van der Waals surface area contributed by atoms with Gasteiger partial charge in [0.1, 0.15) is 5.82 Å². The van der Waals surface area contributed by atoms with Gasteiger partial charge in [-0.3, -0.25) is 4.79 Å². The van der Waals surface area contributed by atoms with Crippen LogP contribution in [0.3, 0.4) is 0 Å². The van der Waals surface area contributed by atoms with Gasteiger partial charge in [0.2, 0.25) is 0 Å². The van der Waals surface area contributed by atoms with E-state index >= 15 is 0 Å². The lowest BCUT2D eigenvalue weighted by atomic mass is 10.1. The van der Waals surface area contributed by atoms with Gasteiger partial charge in [-0.15, -0.1) is 5.10 Å². The van der Waals surface area contributed by atoms with E-state index in [-0.39, 0.29) is 11.6 Å². The van der Waals surface area contributed by atoms with Crippen molar-refractivity contribution >= 4 is 11.6 Å². The zero-order valence-corrected chi connectivity index (χ0v) is 17.1. The van der Waals surface area contributed by atoms with Gasteiger partial charge in [0.15, 0.2) is 5.82 Å². The number of benzene rings is 3. The lowest BCUT2D eigenvalue weighted by Crippen LogP contribution is -2.13. The maximum Gasteiger partial charge on any atom is 0.416 e. The molecule has 0 radical (unpaired) electrons. The van der Waals surface area contributed by atoms with E-state index < -0.39 is 23.5 Å². The topological polar surface area (TPSA) is 69.0 Å². The van der Waals surface area contributed by atoms with Gasteiger partial charge in [0.05, 0.1) is 18.4 Å². The smallest absolute Gasteiger partial charge is 0.416 e. The van der Waals surface area contributed by atoms with Gasteiger partial charge in [-0.05, 0) is 60.7 Å². The largest absolute Gasteiger partial charge is 0.466 e. The number of aromatic nitrogens is 3. The monoisotopic (exact) mass is 456 g/mol. The Labute approximate surface area is 185 Å². The molecule has 0 aliphatic heterocycles. The van der Waals surface area contributed by atoms with Crippen LogP contribution < -0.4 is 10.1 Å². The number of methoxy groups -OCH3 is 1. The van der Waals surface area contributed by atoms with Crippen molar-refractivity contribution in [3.05, 3.63) is 89.7 Å². The van der Waals surface area contributed by atoms with Crippen LogP contribution in [0.1, 0.15) is 15.9 Å². The summed E-state index contributed by atoms with van der Waals surface area (Å²) in [5.74, 6) is -0.630. The van der Waals surface area contributed by atoms with Crippen LogP contribution >= 0.6 is 0 Å². The van der Waals surface area contributed by atoms with Crippen LogP contribution in [-0.4, -0.2) is 27.8 Å². The third-order valence-electron chi connectivity index (χ3n) is 4.70. The van der Waals surface area contributed by atoms with Gasteiger partial charge >= 0.3 is 12.2 Å². The molecular weight excluding hydrogens is 440 g/mol. The third kappa shape index (κ3) is 4.84. The van der Waals surface area contributed by atoms with Crippen molar-refractivity contribution in [1.82, 2.24) is 14.8 Å². The van der Waals surface area contributed by atoms with Gasteiger partial charge in [-0.1, -0.05) is 12.1 Å². The van der Waals surface area contributed by atoms with Crippen molar-refractivity contribution in [1.29, 1.82) is 0 Å². The molecule has 0 aliphatic carbocycles. The molecule has 10 heteroatoms. The van der Waals surface area contributed by atoms with Crippen molar-refractivity contribution in [2.75, 3.05) is 12.4 Å². The maximum absolute atomic E-state index is 13.7. The summed E-state index contributed by atoms with van der Waals surface area (Å²) in [5.41, 5.74) is 0.730. The number of nitrogens with zero attached hydrogens (tertiary/aromatic N) is 3. The second kappa shape index (κ2) is 8.73. The number of halogens is 4. The van der Waals surface area contributed by atoms with E-state index in [1.165, 1.54) is 23.9 Å². The van der Waals surface area contributed by atoms with Crippen LogP contribution in [0.5, 0.6) is 6.01 Å². The molecule has 168 valence electrons. The Balaban J connectivity index is 1.55. The molecule has 1 aromatic heterocycles. The highest BCUT2D eigenvalue weighted by Gasteiger charge is 2.30. The van der Waals surface area contributed by atoms with Crippen molar-refractivity contribution in [2.45, 2.75) is 6.18 Å². The number of rotatable bonds is 5. The van der Waals surface area contributed by atoms with Crippen LogP contribution in [0.25, 0.3) is 17.1 Å². The molecular formula is C23H16F4N4O2. The Morgan fingerprint density at radius 2 is 1.70 bits per heavy atom. The van der Waals surface area contributed by atoms with Crippen LogP contribution in [0.4, 0.5) is 23.2 Å². The number of carbonyl (C=O) groups is 1. The van der Waals surface area contributed by atoms with Gasteiger partial charge in [0.25, 0.3) is 5.91 Å². The molecule has 0 saturated carbocycles. The van der Waals surface area contributed by atoms with E-state index in [0.29, 0.717) is 22.8 Å². The number of hydrogen-bond donors (Lipinski definition) is 1. The number of amides is 1. The molecule has 0 atom stereocenters. The Kier molecular flexibility index (Phi) is 5.82. The summed E-state index contributed by atoms with van der Waals surface area (Å²) < 4.78 is 58.3. The molecule has 0 bridgehead atoms. The standard InChI is InChI=1S/C23H16F4N4O2/c1-33-22-29-20(15-3-2-4-17(24)13-15)31(30-22)19-11-9-18(10-12-19)28-21(32)14-5-7-16(8-6-14)23(25,26)27/h2-13H,1H3,(H,28,32). The first kappa shape index (κ1) is 22.0. The average molecular weight is 456 g/mol. The number of nitrogens with one attached hydrogen (secondary N) is 1. The summed E-state index contributed by atoms with van der Waals surface area (Å²) in [5, 5.41) is 6.88. The quantitative estimate of drug-likeness (QED) is 0.411. The molecule has 33 heavy (non-hydrogen) atoms. The molecule has 1 amide bonds. The molecule has 6 nitrogen and oxygen atoms in total. The first-order valence-electron chi connectivity index (χ1n) is 9.60. The summed E-state index contributed by atoms with van der Waals surface area (Å²) in [6.45, 7) is 0. The molecule has 0 fully saturated rings. The second-order valence-corrected chi connectivity index (χ2v) is 6.92. The van der Waals surface area contributed by atoms with E-state index in [4.69, 9.17) is 4.74 Å². The predicted octanol–water partition coefficient (Wildman–Crippen LogP) is 5.35. The zero-order chi connectivity index (χ0) is 23.6. The fourth-order valence-electron chi connectivity index (χ4n) is 3.07. The second-order valence-electron chi connectivity index (χ2n) is 6.92. The van der Waals surface area contributed by atoms with Gasteiger partial charge in [-0.25, -0.2) is 9.07 Å². The molecule has 4 rings (SSSR count). The minimum Gasteiger partial charge on any atom is -0.466 e. The van der Waals surface area contributed by atoms with E-state index in [1.807, 2.05) is 0 Å². The molecule has 1 N–H and O–H groups in total. The number of anilines is 1. The third-order valence-corrected chi connectivity index (χ3v) is 4.70. The Morgan fingerprint density at radius 1 is 1.00 bits per heavy atom. The number of alkyl halides is 3. The average Bonchev–Trinajstić information content (AvgIpc) is 3.24. The van der Waals surface area contributed by atoms with E-state index in [0.717, 1.165) is 24.3 Å². The van der Waals surface area contributed by atoms with Gasteiger partial charge < -0.3 is 10.1 Å². The summed E-state index contributed by atoms with van der Waals surface area (Å²) in [7, 11) is 1.41. The van der Waals surface area contributed by atoms with Gasteiger partial charge in [0, 0.05) is 16.8 Å². The van der Waals surface area contributed by atoms with E-state index in [1.54, 1.807) is 36.4 Å². The summed E-state index contributed by atoms with van der Waals surface area (Å²) in [6.07, 6.45) is -4.47. The first-order chi connectivity index (χ1) is 15.7. The zero-order valence-electron chi connectivity index (χ0n) is 17.1. The minimum atomic E-state index is -4.47. The molecule has 0 unspecified atom stereocenters. The molecule has 4 aromatic rings. The van der Waals surface area contributed by atoms with Crippen molar-refractivity contribution in [3.8, 4) is 23.1 Å². The summed E-state index contributed by atoms with van der Waals surface area (Å²) in [4.78, 5) is 16.6. The van der Waals surface area contributed by atoms with Crippen molar-refractivity contribution in [3.63, 3.8) is 0 Å². The first-order valence-corrected chi connectivity index (χ1v) is 9.60. The highest BCUT2D eigenvalue weighted by atomic mass is 19.4. The van der Waals surface area contributed by atoms with Crippen LogP contribution in [0.2, 0.25) is 0 Å². The van der Waals surface area contributed by atoms with E-state index in [2.05, 4.69) is 15.4 Å². The fourth-order valence-corrected chi connectivity index (χ4v) is 3.07. The van der Waals surface area contributed by atoms with E-state index in [9.17, 15) is 22.4 Å². The number of carbonyl (C=O) groups excluding carboxylic acids is 1. The van der Waals surface area contributed by atoms with Crippen molar-refractivity contribution in [2.24, 2.45) is 0 Å². The Morgan fingerprint density at radius 3 is 2.30 bits per heavy atom. The molecule has 0 saturated heterocycles. The van der Waals surface area contributed by atoms with Crippen molar-refractivity contribution < 1.29 is 27.1 Å². The lowest BCUT2D eigenvalue weighted by molar-refractivity contribution is -0.137. The SMILES string of the molecule is COc1nc(-c2cccc(F)c2)n(-c2ccc(NC(=O)c3ccc(C(F)(F)F)cc3)cc2)n1. The highest BCUT2D eigenvalue weighted by Crippen LogP contribution is 2.29. The molecule has 3 aromatic carbocycles. The predicted molar refractivity (Wildman–Crippen MR) is 113 cm³/mol. The van der Waals surface area contributed by atoms with Crippen LogP contribution in [-0.2, 0) is 6.18 Å². The molecule has 0 aliphatic rings. The molecule has 0 spiro atoms. The Bertz CT molecular complexity index is 1280. The maximum atomic E-state index is 13.7. The van der Waals surface area contributed by atoms with Gasteiger partial charge in [-0.2, -0.15) is 18.2 Å². The minimum absolute atomic E-state index is 0.0847. The summed E-state index contributed by atoms with van der Waals surface area (Å²) >= 11 is 0. The normalized spacial score (nSPS) is 11.3. The summed E-state index contributed by atoms with van der Waals surface area (Å²) in [6, 6.07) is 16.4. The van der Waals surface area contributed by atoms with Crippen LogP contribution in [0, 0.1) is 5.82 Å². The lowest BCUT2D eigenvalue weighted by Gasteiger charge is -2.10. The number of ether oxygens (including phenoxy) is 1. The molecule has 1 heterocycles. The highest BCUT2D eigenvalue weighted by molar-refractivity contribution is 6.04.